The number of anilines is 1. The number of carbonyl (C=O) groups is 2. The van der Waals surface area contributed by atoms with Gasteiger partial charge >= 0.3 is 5.97 Å². The second kappa shape index (κ2) is 7.25. The lowest BCUT2D eigenvalue weighted by Gasteiger charge is -2.27. The Balaban J connectivity index is 2.00. The monoisotopic (exact) mass is 289 g/mol. The Morgan fingerprint density at radius 2 is 1.76 bits per heavy atom. The van der Waals surface area contributed by atoms with Gasteiger partial charge in [-0.2, -0.15) is 0 Å². The van der Waals surface area contributed by atoms with Crippen LogP contribution in [0.15, 0.2) is 24.3 Å². The summed E-state index contributed by atoms with van der Waals surface area (Å²) in [5.74, 6) is -1.97. The summed E-state index contributed by atoms with van der Waals surface area (Å²) in [6.07, 6.45) is 5.20. The summed E-state index contributed by atoms with van der Waals surface area (Å²) in [4.78, 5) is 23.6. The number of rotatable bonds is 5. The summed E-state index contributed by atoms with van der Waals surface area (Å²) in [5, 5.41) is 12.1. The van der Waals surface area contributed by atoms with Gasteiger partial charge in [0.25, 0.3) is 0 Å². The van der Waals surface area contributed by atoms with Crippen molar-refractivity contribution in [3.8, 4) is 0 Å². The second-order valence-corrected chi connectivity index (χ2v) is 5.77. The smallest absolute Gasteiger partial charge is 0.307 e. The van der Waals surface area contributed by atoms with E-state index in [1.807, 2.05) is 24.3 Å². The molecule has 0 spiro atoms. The molecule has 2 atom stereocenters. The van der Waals surface area contributed by atoms with E-state index in [-0.39, 0.29) is 5.91 Å². The van der Waals surface area contributed by atoms with E-state index < -0.39 is 17.8 Å². The number of carboxylic acid groups (broad SMARTS) is 1. The third kappa shape index (κ3) is 4.06. The Labute approximate surface area is 125 Å². The Morgan fingerprint density at radius 1 is 1.14 bits per heavy atom. The van der Waals surface area contributed by atoms with E-state index in [0.29, 0.717) is 12.8 Å². The summed E-state index contributed by atoms with van der Waals surface area (Å²) in [7, 11) is 0. The van der Waals surface area contributed by atoms with Crippen molar-refractivity contribution in [3.63, 3.8) is 0 Å². The van der Waals surface area contributed by atoms with E-state index in [4.69, 9.17) is 0 Å². The minimum absolute atomic E-state index is 0.162. The molecule has 0 aliphatic heterocycles. The lowest BCUT2D eigenvalue weighted by atomic mass is 9.78. The standard InChI is InChI=1S/C17H23NO3/c1-2-5-12-8-10-13(11-9-12)18-16(19)14-6-3-4-7-15(14)17(20)21/h8-11,14-15H,2-7H2,1H3,(H,18,19)(H,20,21)/t14-,15-/m1/s1. The van der Waals surface area contributed by atoms with Gasteiger partial charge in [-0.05, 0) is 37.0 Å². The van der Waals surface area contributed by atoms with Crippen LogP contribution < -0.4 is 5.32 Å². The maximum Gasteiger partial charge on any atom is 0.307 e. The van der Waals surface area contributed by atoms with Gasteiger partial charge in [0.2, 0.25) is 5.91 Å². The summed E-state index contributed by atoms with van der Waals surface area (Å²) < 4.78 is 0. The van der Waals surface area contributed by atoms with Crippen molar-refractivity contribution in [1.82, 2.24) is 0 Å². The number of nitrogens with one attached hydrogen (secondary N) is 1. The van der Waals surface area contributed by atoms with E-state index in [1.165, 1.54) is 5.56 Å². The molecule has 21 heavy (non-hydrogen) atoms. The van der Waals surface area contributed by atoms with Gasteiger partial charge in [-0.15, -0.1) is 0 Å². The zero-order valence-electron chi connectivity index (χ0n) is 12.5. The van der Waals surface area contributed by atoms with Gasteiger partial charge in [0.05, 0.1) is 11.8 Å². The van der Waals surface area contributed by atoms with Crippen molar-refractivity contribution < 1.29 is 14.7 Å². The Kier molecular flexibility index (Phi) is 5.37. The first-order valence-electron chi connectivity index (χ1n) is 7.74. The average molecular weight is 289 g/mol. The molecule has 1 aromatic carbocycles. The Hall–Kier alpha value is -1.84. The van der Waals surface area contributed by atoms with E-state index in [2.05, 4.69) is 12.2 Å². The van der Waals surface area contributed by atoms with Gasteiger partial charge in [-0.3, -0.25) is 9.59 Å². The zero-order chi connectivity index (χ0) is 15.2. The molecule has 4 nitrogen and oxygen atoms in total. The highest BCUT2D eigenvalue weighted by molar-refractivity contribution is 5.95. The fourth-order valence-corrected chi connectivity index (χ4v) is 3.02. The quantitative estimate of drug-likeness (QED) is 0.872. The molecule has 1 amide bonds. The molecular weight excluding hydrogens is 266 g/mol. The number of hydrogen-bond acceptors (Lipinski definition) is 2. The van der Waals surface area contributed by atoms with E-state index in [1.54, 1.807) is 0 Å². The van der Waals surface area contributed by atoms with Crippen LogP contribution in [0.25, 0.3) is 0 Å². The first kappa shape index (κ1) is 15.5. The van der Waals surface area contributed by atoms with Gasteiger partial charge in [-0.1, -0.05) is 38.3 Å². The van der Waals surface area contributed by atoms with Crippen LogP contribution in [0.4, 0.5) is 5.69 Å². The predicted molar refractivity (Wildman–Crippen MR) is 82.2 cm³/mol. The Morgan fingerprint density at radius 3 is 2.33 bits per heavy atom. The molecule has 0 saturated heterocycles. The van der Waals surface area contributed by atoms with Crippen molar-refractivity contribution in [3.05, 3.63) is 29.8 Å². The van der Waals surface area contributed by atoms with Crippen molar-refractivity contribution in [2.75, 3.05) is 5.32 Å². The highest BCUT2D eigenvalue weighted by Crippen LogP contribution is 2.31. The molecule has 0 heterocycles. The first-order valence-corrected chi connectivity index (χ1v) is 7.74. The van der Waals surface area contributed by atoms with Gasteiger partial charge in [0, 0.05) is 5.69 Å². The molecule has 1 aliphatic carbocycles. The molecule has 2 N–H and O–H groups in total. The van der Waals surface area contributed by atoms with Crippen LogP contribution in [-0.2, 0) is 16.0 Å². The molecule has 0 radical (unpaired) electrons. The number of benzene rings is 1. The number of amides is 1. The molecular formula is C17H23NO3. The van der Waals surface area contributed by atoms with Crippen LogP contribution in [0.3, 0.4) is 0 Å². The summed E-state index contributed by atoms with van der Waals surface area (Å²) in [6.45, 7) is 2.13. The van der Waals surface area contributed by atoms with Crippen molar-refractivity contribution >= 4 is 17.6 Å². The summed E-state index contributed by atoms with van der Waals surface area (Å²) in [6, 6.07) is 7.80. The number of carbonyl (C=O) groups excluding carboxylic acids is 1. The Bertz CT molecular complexity index is 495. The predicted octanol–water partition coefficient (Wildman–Crippen LogP) is 3.47. The maximum absolute atomic E-state index is 12.3. The molecule has 1 fully saturated rings. The van der Waals surface area contributed by atoms with Crippen LogP contribution >= 0.6 is 0 Å². The summed E-state index contributed by atoms with van der Waals surface area (Å²) in [5.41, 5.74) is 1.99. The maximum atomic E-state index is 12.3. The van der Waals surface area contributed by atoms with Gasteiger partial charge in [0.1, 0.15) is 0 Å². The number of aryl methyl sites for hydroxylation is 1. The SMILES string of the molecule is CCCc1ccc(NC(=O)[C@@H]2CCCC[C@H]2C(=O)O)cc1. The highest BCUT2D eigenvalue weighted by Gasteiger charge is 2.35. The van der Waals surface area contributed by atoms with Crippen molar-refractivity contribution in [2.45, 2.75) is 45.4 Å². The average Bonchev–Trinajstić information content (AvgIpc) is 2.49. The normalized spacial score (nSPS) is 21.8. The number of aliphatic carboxylic acids is 1. The fourth-order valence-electron chi connectivity index (χ4n) is 3.02. The molecule has 0 aromatic heterocycles. The van der Waals surface area contributed by atoms with Crippen LogP contribution in [0.1, 0.15) is 44.6 Å². The van der Waals surface area contributed by atoms with Crippen molar-refractivity contribution in [1.29, 1.82) is 0 Å². The van der Waals surface area contributed by atoms with Crippen LogP contribution in [-0.4, -0.2) is 17.0 Å². The summed E-state index contributed by atoms with van der Waals surface area (Å²) >= 11 is 0. The van der Waals surface area contributed by atoms with E-state index in [9.17, 15) is 14.7 Å². The fraction of sp³-hybridized carbons (Fsp3) is 0.529. The highest BCUT2D eigenvalue weighted by atomic mass is 16.4. The lowest BCUT2D eigenvalue weighted by Crippen LogP contribution is -2.36. The molecule has 1 saturated carbocycles. The van der Waals surface area contributed by atoms with Crippen LogP contribution in [0.2, 0.25) is 0 Å². The first-order chi connectivity index (χ1) is 10.1. The lowest BCUT2D eigenvalue weighted by molar-refractivity contribution is -0.147. The number of hydrogen-bond donors (Lipinski definition) is 2. The third-order valence-corrected chi connectivity index (χ3v) is 4.18. The minimum atomic E-state index is -0.854. The van der Waals surface area contributed by atoms with Gasteiger partial charge in [0.15, 0.2) is 0 Å². The number of carboxylic acids is 1. The zero-order valence-corrected chi connectivity index (χ0v) is 12.5. The molecule has 114 valence electrons. The third-order valence-electron chi connectivity index (χ3n) is 4.18. The van der Waals surface area contributed by atoms with Crippen molar-refractivity contribution in [2.24, 2.45) is 11.8 Å². The molecule has 4 heteroatoms. The molecule has 0 bridgehead atoms. The second-order valence-electron chi connectivity index (χ2n) is 5.77. The molecule has 1 aliphatic rings. The van der Waals surface area contributed by atoms with Crippen LogP contribution in [0.5, 0.6) is 0 Å². The topological polar surface area (TPSA) is 66.4 Å². The van der Waals surface area contributed by atoms with E-state index in [0.717, 1.165) is 31.4 Å². The van der Waals surface area contributed by atoms with Crippen LogP contribution in [0, 0.1) is 11.8 Å². The molecule has 2 rings (SSSR count). The van der Waals surface area contributed by atoms with Gasteiger partial charge < -0.3 is 10.4 Å². The molecule has 0 unspecified atom stereocenters. The minimum Gasteiger partial charge on any atom is -0.481 e. The van der Waals surface area contributed by atoms with Gasteiger partial charge in [-0.25, -0.2) is 0 Å². The van der Waals surface area contributed by atoms with E-state index >= 15 is 0 Å². The molecule has 1 aromatic rings. The largest absolute Gasteiger partial charge is 0.481 e.